The lowest BCUT2D eigenvalue weighted by atomic mass is 9.95. The second-order valence-electron chi connectivity index (χ2n) is 4.35. The van der Waals surface area contributed by atoms with Crippen LogP contribution >= 0.6 is 0 Å². The van der Waals surface area contributed by atoms with Crippen LogP contribution in [0.2, 0.25) is 0 Å². The van der Waals surface area contributed by atoms with Crippen molar-refractivity contribution in [1.29, 1.82) is 0 Å². The summed E-state index contributed by atoms with van der Waals surface area (Å²) in [5, 5.41) is 0. The van der Waals surface area contributed by atoms with Gasteiger partial charge in [0.15, 0.2) is 5.78 Å². The standard InChI is InChI=1S/C13H16O/c1-13(2,3)10-9-12(14)11-7-5-4-6-8-11/h4-10H,1-3H3/b10-9+/i9D. The molecule has 0 heterocycles. The van der Waals surface area contributed by atoms with E-state index in [1.165, 1.54) is 0 Å². The molecule has 0 saturated heterocycles. The van der Waals surface area contributed by atoms with Crippen LogP contribution in [0.4, 0.5) is 0 Å². The van der Waals surface area contributed by atoms with Gasteiger partial charge in [0, 0.05) is 5.56 Å². The lowest BCUT2D eigenvalue weighted by molar-refractivity contribution is 0.104. The van der Waals surface area contributed by atoms with Crippen LogP contribution in [0.25, 0.3) is 0 Å². The van der Waals surface area contributed by atoms with Crippen LogP contribution in [-0.4, -0.2) is 5.78 Å². The molecule has 1 aromatic rings. The third-order valence-corrected chi connectivity index (χ3v) is 1.67. The van der Waals surface area contributed by atoms with Gasteiger partial charge in [-0.2, -0.15) is 0 Å². The molecular weight excluding hydrogens is 172 g/mol. The number of carbonyl (C=O) groups excluding carboxylic acids is 1. The quantitative estimate of drug-likeness (QED) is 0.514. The van der Waals surface area contributed by atoms with Crippen LogP contribution < -0.4 is 0 Å². The number of benzene rings is 1. The van der Waals surface area contributed by atoms with E-state index in [2.05, 4.69) is 0 Å². The van der Waals surface area contributed by atoms with E-state index in [1.54, 1.807) is 30.3 Å². The topological polar surface area (TPSA) is 17.1 Å². The van der Waals surface area contributed by atoms with E-state index in [1.807, 2.05) is 26.8 Å². The highest BCUT2D eigenvalue weighted by Gasteiger charge is 2.06. The Bertz CT molecular complexity index is 371. The van der Waals surface area contributed by atoms with Gasteiger partial charge in [0.05, 0.1) is 1.37 Å². The predicted octanol–water partition coefficient (Wildman–Crippen LogP) is 3.47. The zero-order valence-electron chi connectivity index (χ0n) is 9.87. The summed E-state index contributed by atoms with van der Waals surface area (Å²) in [6, 6.07) is 8.98. The van der Waals surface area contributed by atoms with Crippen molar-refractivity contribution >= 4 is 5.78 Å². The summed E-state index contributed by atoms with van der Waals surface area (Å²) in [6.07, 6.45) is 1.68. The molecule has 0 aliphatic heterocycles. The summed E-state index contributed by atoms with van der Waals surface area (Å²) in [5.74, 6) is -0.217. The van der Waals surface area contributed by atoms with Crippen molar-refractivity contribution in [3.05, 3.63) is 48.0 Å². The van der Waals surface area contributed by atoms with Gasteiger partial charge in [0.1, 0.15) is 0 Å². The average molecular weight is 189 g/mol. The third-order valence-electron chi connectivity index (χ3n) is 1.67. The molecule has 1 aromatic carbocycles. The molecule has 1 rings (SSSR count). The van der Waals surface area contributed by atoms with Crippen LogP contribution in [0.3, 0.4) is 0 Å². The van der Waals surface area contributed by atoms with Crippen molar-refractivity contribution in [2.45, 2.75) is 20.8 Å². The molecule has 0 spiro atoms. The van der Waals surface area contributed by atoms with Crippen LogP contribution in [0.1, 0.15) is 32.5 Å². The molecule has 0 aliphatic rings. The number of allylic oxidation sites excluding steroid dienone is 2. The first-order valence-electron chi connectivity index (χ1n) is 5.19. The average Bonchev–Trinajstić information content (AvgIpc) is 2.15. The molecule has 0 unspecified atom stereocenters. The van der Waals surface area contributed by atoms with Crippen LogP contribution in [0.15, 0.2) is 42.5 Å². The maximum atomic E-state index is 11.8. The zero-order valence-corrected chi connectivity index (χ0v) is 8.87. The van der Waals surface area contributed by atoms with E-state index in [-0.39, 0.29) is 17.3 Å². The number of ketones is 1. The van der Waals surface area contributed by atoms with Gasteiger partial charge in [-0.1, -0.05) is 57.2 Å². The normalized spacial score (nSPS) is 13.6. The second kappa shape index (κ2) is 4.23. The SMILES string of the molecule is [2H]/C(=C\C(C)(C)C)C(=O)c1ccccc1. The summed E-state index contributed by atoms with van der Waals surface area (Å²) in [7, 11) is 0. The highest BCUT2D eigenvalue weighted by molar-refractivity contribution is 6.04. The molecule has 0 amide bonds. The molecule has 0 N–H and O–H groups in total. The Morgan fingerprint density at radius 2 is 1.86 bits per heavy atom. The number of hydrogen-bond donors (Lipinski definition) is 0. The molecule has 0 radical (unpaired) electrons. The predicted molar refractivity (Wildman–Crippen MR) is 59.4 cm³/mol. The van der Waals surface area contributed by atoms with E-state index in [0.717, 1.165) is 0 Å². The fourth-order valence-electron chi connectivity index (χ4n) is 0.955. The van der Waals surface area contributed by atoms with Crippen molar-refractivity contribution < 1.29 is 6.17 Å². The molecule has 1 nitrogen and oxygen atoms in total. The first kappa shape index (κ1) is 9.20. The van der Waals surface area contributed by atoms with Gasteiger partial charge < -0.3 is 0 Å². The molecule has 0 atom stereocenters. The van der Waals surface area contributed by atoms with E-state index in [0.29, 0.717) is 5.56 Å². The fourth-order valence-corrected chi connectivity index (χ4v) is 0.955. The lowest BCUT2D eigenvalue weighted by Crippen LogP contribution is -2.01. The molecular formula is C13H16O. The maximum absolute atomic E-state index is 11.8. The number of rotatable bonds is 2. The van der Waals surface area contributed by atoms with Crippen molar-refractivity contribution in [1.82, 2.24) is 0 Å². The van der Waals surface area contributed by atoms with Crippen LogP contribution in [-0.2, 0) is 0 Å². The summed E-state index contributed by atoms with van der Waals surface area (Å²) >= 11 is 0. The highest BCUT2D eigenvalue weighted by atomic mass is 16.1. The summed E-state index contributed by atoms with van der Waals surface area (Å²) in [4.78, 5) is 11.8. The largest absolute Gasteiger partial charge is 0.289 e. The minimum Gasteiger partial charge on any atom is -0.289 e. The Labute approximate surface area is 86.9 Å². The monoisotopic (exact) mass is 189 g/mol. The van der Waals surface area contributed by atoms with E-state index in [9.17, 15) is 4.79 Å². The third kappa shape index (κ3) is 3.56. The highest BCUT2D eigenvalue weighted by Crippen LogP contribution is 2.15. The lowest BCUT2D eigenvalue weighted by Gasteiger charge is -2.10. The van der Waals surface area contributed by atoms with Crippen molar-refractivity contribution in [2.24, 2.45) is 5.41 Å². The van der Waals surface area contributed by atoms with Gasteiger partial charge in [0.2, 0.25) is 0 Å². The summed E-state index contributed by atoms with van der Waals surface area (Å²) in [5.41, 5.74) is 0.435. The Balaban J connectivity index is 2.92. The molecule has 74 valence electrons. The smallest absolute Gasteiger partial charge is 0.185 e. The summed E-state index contributed by atoms with van der Waals surface area (Å²) in [6.45, 7) is 5.92. The Kier molecular flexibility index (Phi) is 2.78. The van der Waals surface area contributed by atoms with Crippen molar-refractivity contribution in [3.63, 3.8) is 0 Å². The van der Waals surface area contributed by atoms with Gasteiger partial charge in [-0.05, 0) is 11.5 Å². The van der Waals surface area contributed by atoms with Crippen molar-refractivity contribution in [3.8, 4) is 0 Å². The Morgan fingerprint density at radius 3 is 2.36 bits per heavy atom. The van der Waals surface area contributed by atoms with E-state index >= 15 is 0 Å². The van der Waals surface area contributed by atoms with E-state index < -0.39 is 0 Å². The zero-order chi connectivity index (χ0) is 11.5. The number of hydrogen-bond acceptors (Lipinski definition) is 1. The van der Waals surface area contributed by atoms with Crippen LogP contribution in [0, 0.1) is 5.41 Å². The van der Waals surface area contributed by atoms with Crippen LogP contribution in [0.5, 0.6) is 0 Å². The molecule has 0 bridgehead atoms. The maximum Gasteiger partial charge on any atom is 0.185 e. The van der Waals surface area contributed by atoms with Crippen molar-refractivity contribution in [2.75, 3.05) is 0 Å². The first-order valence-corrected chi connectivity index (χ1v) is 4.69. The Hall–Kier alpha value is -1.37. The minimum absolute atomic E-state index is 0.0636. The molecule has 0 fully saturated rings. The molecule has 0 aromatic heterocycles. The first-order chi connectivity index (χ1) is 6.90. The van der Waals surface area contributed by atoms with Gasteiger partial charge >= 0.3 is 0 Å². The van der Waals surface area contributed by atoms with E-state index in [4.69, 9.17) is 1.37 Å². The van der Waals surface area contributed by atoms with Gasteiger partial charge in [-0.3, -0.25) is 4.79 Å². The van der Waals surface area contributed by atoms with Gasteiger partial charge in [-0.25, -0.2) is 0 Å². The second-order valence-corrected chi connectivity index (χ2v) is 4.35. The number of carbonyl (C=O) groups is 1. The molecule has 1 heteroatoms. The molecule has 14 heavy (non-hydrogen) atoms. The Morgan fingerprint density at radius 1 is 1.29 bits per heavy atom. The van der Waals surface area contributed by atoms with Gasteiger partial charge in [-0.15, -0.1) is 0 Å². The molecule has 0 aliphatic carbocycles. The van der Waals surface area contributed by atoms with Gasteiger partial charge in [0.25, 0.3) is 0 Å². The fraction of sp³-hybridized carbons (Fsp3) is 0.308. The molecule has 0 saturated carbocycles. The minimum atomic E-state index is -0.217. The summed E-state index contributed by atoms with van der Waals surface area (Å²) < 4.78 is 7.68.